The third kappa shape index (κ3) is 2.20. The predicted octanol–water partition coefficient (Wildman–Crippen LogP) is 4.59. The van der Waals surface area contributed by atoms with Gasteiger partial charge in [-0.15, -0.1) is 11.3 Å². The summed E-state index contributed by atoms with van der Waals surface area (Å²) in [5.41, 5.74) is 3.80. The number of aromatic nitrogens is 2. The molecule has 0 aliphatic heterocycles. The Morgan fingerprint density at radius 2 is 1.86 bits per heavy atom. The summed E-state index contributed by atoms with van der Waals surface area (Å²) in [6, 6.07) is 6.24. The molecule has 0 fully saturated rings. The topological polar surface area (TPSA) is 35.0 Å². The number of ether oxygens (including phenoxy) is 1. The van der Waals surface area contributed by atoms with Gasteiger partial charge in [0.25, 0.3) is 0 Å². The number of nitrogens with zero attached hydrogens (tertiary/aromatic N) is 2. The Kier molecular flexibility index (Phi) is 2.93. The Morgan fingerprint density at radius 1 is 1.05 bits per heavy atom. The van der Waals surface area contributed by atoms with E-state index in [1.807, 2.05) is 12.1 Å². The molecule has 21 heavy (non-hydrogen) atoms. The van der Waals surface area contributed by atoms with Gasteiger partial charge >= 0.3 is 0 Å². The number of thiophene rings is 1. The minimum Gasteiger partial charge on any atom is -0.438 e. The van der Waals surface area contributed by atoms with Crippen LogP contribution in [0, 0.1) is 13.8 Å². The zero-order chi connectivity index (χ0) is 14.4. The molecule has 0 radical (unpaired) electrons. The molecule has 3 aromatic rings. The van der Waals surface area contributed by atoms with Crippen molar-refractivity contribution >= 4 is 21.6 Å². The maximum Gasteiger partial charge on any atom is 0.231 e. The van der Waals surface area contributed by atoms with Gasteiger partial charge in [0.1, 0.15) is 16.9 Å². The van der Waals surface area contributed by atoms with E-state index >= 15 is 0 Å². The fraction of sp³-hybridized carbons (Fsp3) is 0.294. The molecule has 106 valence electrons. The maximum atomic E-state index is 6.09. The van der Waals surface area contributed by atoms with Gasteiger partial charge in [-0.05, 0) is 61.9 Å². The van der Waals surface area contributed by atoms with Crippen molar-refractivity contribution in [2.45, 2.75) is 33.1 Å². The van der Waals surface area contributed by atoms with E-state index in [4.69, 9.17) is 4.74 Å². The lowest BCUT2D eigenvalue weighted by Gasteiger charge is -2.08. The molecule has 0 saturated carbocycles. The summed E-state index contributed by atoms with van der Waals surface area (Å²) in [5, 5.41) is 1.12. The minimum absolute atomic E-state index is 0.699. The molecule has 1 aromatic carbocycles. The highest BCUT2D eigenvalue weighted by Gasteiger charge is 2.22. The summed E-state index contributed by atoms with van der Waals surface area (Å²) >= 11 is 1.79. The molecule has 0 amide bonds. The van der Waals surface area contributed by atoms with Crippen LogP contribution >= 0.6 is 11.3 Å². The van der Waals surface area contributed by atoms with Gasteiger partial charge in [0.15, 0.2) is 0 Å². The van der Waals surface area contributed by atoms with E-state index in [2.05, 4.69) is 29.9 Å². The van der Waals surface area contributed by atoms with Crippen molar-refractivity contribution in [1.82, 2.24) is 9.97 Å². The molecular weight excluding hydrogens is 280 g/mol. The van der Waals surface area contributed by atoms with Gasteiger partial charge in [-0.25, -0.2) is 9.97 Å². The molecular formula is C17H16N2OS. The molecule has 0 N–H and O–H groups in total. The number of fused-ring (bicyclic) bond motifs is 3. The Hall–Kier alpha value is -1.94. The molecule has 0 bridgehead atoms. The largest absolute Gasteiger partial charge is 0.438 e. The van der Waals surface area contributed by atoms with Crippen LogP contribution < -0.4 is 4.74 Å². The fourth-order valence-corrected chi connectivity index (χ4v) is 4.30. The maximum absolute atomic E-state index is 6.09. The third-order valence-electron chi connectivity index (χ3n) is 3.88. The smallest absolute Gasteiger partial charge is 0.231 e. The number of benzene rings is 1. The lowest BCUT2D eigenvalue weighted by molar-refractivity contribution is 0.467. The van der Waals surface area contributed by atoms with Crippen molar-refractivity contribution in [3.05, 3.63) is 46.1 Å². The van der Waals surface area contributed by atoms with Gasteiger partial charge in [0.05, 0.1) is 5.39 Å². The van der Waals surface area contributed by atoms with Gasteiger partial charge in [-0.2, -0.15) is 0 Å². The first-order valence-corrected chi connectivity index (χ1v) is 8.04. The molecule has 0 unspecified atom stereocenters. The first-order valence-electron chi connectivity index (χ1n) is 7.22. The van der Waals surface area contributed by atoms with E-state index in [-0.39, 0.29) is 0 Å². The monoisotopic (exact) mass is 296 g/mol. The van der Waals surface area contributed by atoms with Crippen molar-refractivity contribution in [3.63, 3.8) is 0 Å². The molecule has 0 atom stereocenters. The number of hydrogen-bond donors (Lipinski definition) is 0. The fourth-order valence-electron chi connectivity index (χ4n) is 3.08. The summed E-state index contributed by atoms with van der Waals surface area (Å²) in [7, 11) is 0. The molecule has 0 saturated heterocycles. The van der Waals surface area contributed by atoms with Crippen molar-refractivity contribution in [3.8, 4) is 11.6 Å². The van der Waals surface area contributed by atoms with E-state index in [0.717, 1.165) is 22.4 Å². The lowest BCUT2D eigenvalue weighted by atomic mass is 10.1. The van der Waals surface area contributed by atoms with Crippen molar-refractivity contribution in [1.29, 1.82) is 0 Å². The second-order valence-electron chi connectivity index (χ2n) is 5.64. The van der Waals surface area contributed by atoms with Crippen LogP contribution in [0.5, 0.6) is 11.6 Å². The molecule has 2 aromatic heterocycles. The average molecular weight is 296 g/mol. The first-order chi connectivity index (χ1) is 10.2. The normalized spacial score (nSPS) is 13.6. The summed E-state index contributed by atoms with van der Waals surface area (Å²) in [5.74, 6) is 1.55. The molecule has 1 aliphatic carbocycles. The standard InChI is InChI=1S/C17H16N2OS/c1-10-6-11(2)8-12(7-10)20-16-15-13-4-3-5-14(13)21-17(15)19-9-18-16/h6-9H,3-5H2,1-2H3. The van der Waals surface area contributed by atoms with Crippen molar-refractivity contribution in [2.75, 3.05) is 0 Å². The lowest BCUT2D eigenvalue weighted by Crippen LogP contribution is -1.92. The van der Waals surface area contributed by atoms with Crippen LogP contribution in [0.2, 0.25) is 0 Å². The van der Waals surface area contributed by atoms with Crippen LogP contribution in [-0.4, -0.2) is 9.97 Å². The second-order valence-corrected chi connectivity index (χ2v) is 6.73. The van der Waals surface area contributed by atoms with Crippen LogP contribution in [0.1, 0.15) is 28.0 Å². The van der Waals surface area contributed by atoms with Gasteiger partial charge in [-0.1, -0.05) is 6.07 Å². The summed E-state index contributed by atoms with van der Waals surface area (Å²) in [4.78, 5) is 11.3. The molecule has 4 rings (SSSR count). The van der Waals surface area contributed by atoms with E-state index in [1.54, 1.807) is 17.7 Å². The highest BCUT2D eigenvalue weighted by atomic mass is 32.1. The van der Waals surface area contributed by atoms with E-state index < -0.39 is 0 Å². The van der Waals surface area contributed by atoms with Crippen LogP contribution in [0.4, 0.5) is 0 Å². The number of rotatable bonds is 2. The molecule has 3 nitrogen and oxygen atoms in total. The zero-order valence-corrected chi connectivity index (χ0v) is 13.0. The Balaban J connectivity index is 1.83. The van der Waals surface area contributed by atoms with Crippen LogP contribution in [0.15, 0.2) is 24.5 Å². The SMILES string of the molecule is Cc1cc(C)cc(Oc2ncnc3sc4c(c23)CCC4)c1. The molecule has 0 spiro atoms. The van der Waals surface area contributed by atoms with Gasteiger partial charge in [0.2, 0.25) is 5.88 Å². The average Bonchev–Trinajstić information content (AvgIpc) is 2.97. The molecule has 2 heterocycles. The van der Waals surface area contributed by atoms with Crippen LogP contribution in [0.3, 0.4) is 0 Å². The van der Waals surface area contributed by atoms with Gasteiger partial charge in [-0.3, -0.25) is 0 Å². The molecule has 4 heteroatoms. The number of aryl methyl sites for hydroxylation is 4. The highest BCUT2D eigenvalue weighted by Crippen LogP contribution is 2.41. The third-order valence-corrected chi connectivity index (χ3v) is 5.08. The van der Waals surface area contributed by atoms with Crippen molar-refractivity contribution in [2.24, 2.45) is 0 Å². The van der Waals surface area contributed by atoms with E-state index in [1.165, 1.54) is 34.4 Å². The molecule has 1 aliphatic rings. The summed E-state index contributed by atoms with van der Waals surface area (Å²) < 4.78 is 6.09. The van der Waals surface area contributed by atoms with Crippen LogP contribution in [0.25, 0.3) is 10.2 Å². The van der Waals surface area contributed by atoms with Crippen molar-refractivity contribution < 1.29 is 4.74 Å². The first kappa shape index (κ1) is 12.8. The van der Waals surface area contributed by atoms with Gasteiger partial charge < -0.3 is 4.74 Å². The second kappa shape index (κ2) is 4.81. The van der Waals surface area contributed by atoms with Crippen LogP contribution in [-0.2, 0) is 12.8 Å². The minimum atomic E-state index is 0.699. The Bertz CT molecular complexity index is 818. The summed E-state index contributed by atoms with van der Waals surface area (Å²) in [6.45, 7) is 4.16. The Morgan fingerprint density at radius 3 is 2.67 bits per heavy atom. The van der Waals surface area contributed by atoms with Gasteiger partial charge in [0, 0.05) is 4.88 Å². The Labute approximate surface area is 127 Å². The quantitative estimate of drug-likeness (QED) is 0.694. The van der Waals surface area contributed by atoms with E-state index in [9.17, 15) is 0 Å². The predicted molar refractivity (Wildman–Crippen MR) is 85.4 cm³/mol. The zero-order valence-electron chi connectivity index (χ0n) is 12.1. The highest BCUT2D eigenvalue weighted by molar-refractivity contribution is 7.18. The van der Waals surface area contributed by atoms with E-state index in [0.29, 0.717) is 5.88 Å². The summed E-state index contributed by atoms with van der Waals surface area (Å²) in [6.07, 6.45) is 5.12. The number of hydrogen-bond acceptors (Lipinski definition) is 4.